The van der Waals surface area contributed by atoms with Crippen LogP contribution in [0.1, 0.15) is 62.2 Å². The fraction of sp³-hybridized carbons (Fsp3) is 0.769. The molecule has 1 aromatic heterocycles. The zero-order valence-electron chi connectivity index (χ0n) is 10.5. The summed E-state index contributed by atoms with van der Waals surface area (Å²) in [7, 11) is 1.99. The molecule has 0 amide bonds. The first-order valence-electron chi connectivity index (χ1n) is 6.33. The second-order valence-corrected chi connectivity index (χ2v) is 5.98. The Kier molecular flexibility index (Phi) is 3.98. The predicted octanol–water partition coefficient (Wildman–Crippen LogP) is 3.72. The standard InChI is InChI=1S/C13H22N2S/c1-9-5-4-6-11(7-9)13-15-12(8-16-13)10(2)14-3/h8-11,14H,4-7H2,1-3H3. The number of hydrogen-bond donors (Lipinski definition) is 1. The van der Waals surface area contributed by atoms with E-state index in [2.05, 4.69) is 24.5 Å². The molecule has 0 radical (unpaired) electrons. The highest BCUT2D eigenvalue weighted by Crippen LogP contribution is 2.37. The molecule has 1 fully saturated rings. The van der Waals surface area contributed by atoms with E-state index in [1.165, 1.54) is 36.4 Å². The van der Waals surface area contributed by atoms with Gasteiger partial charge in [0.25, 0.3) is 0 Å². The molecular weight excluding hydrogens is 216 g/mol. The Balaban J connectivity index is 2.06. The van der Waals surface area contributed by atoms with E-state index in [9.17, 15) is 0 Å². The number of hydrogen-bond acceptors (Lipinski definition) is 3. The largest absolute Gasteiger partial charge is 0.312 e. The Labute approximate surface area is 102 Å². The molecule has 3 unspecified atom stereocenters. The summed E-state index contributed by atoms with van der Waals surface area (Å²) < 4.78 is 0. The van der Waals surface area contributed by atoms with Gasteiger partial charge in [-0.25, -0.2) is 4.98 Å². The maximum atomic E-state index is 4.80. The van der Waals surface area contributed by atoms with Gasteiger partial charge in [0.05, 0.1) is 10.7 Å². The fourth-order valence-corrected chi connectivity index (χ4v) is 3.56. The number of nitrogens with zero attached hydrogens (tertiary/aromatic N) is 1. The maximum absolute atomic E-state index is 4.80. The third kappa shape index (κ3) is 2.64. The number of nitrogens with one attached hydrogen (secondary N) is 1. The minimum atomic E-state index is 0.381. The predicted molar refractivity (Wildman–Crippen MR) is 70.0 cm³/mol. The Morgan fingerprint density at radius 1 is 1.50 bits per heavy atom. The Hall–Kier alpha value is -0.410. The van der Waals surface area contributed by atoms with Crippen molar-refractivity contribution in [2.24, 2.45) is 5.92 Å². The van der Waals surface area contributed by atoms with Crippen LogP contribution in [0.5, 0.6) is 0 Å². The maximum Gasteiger partial charge on any atom is 0.0960 e. The van der Waals surface area contributed by atoms with Crippen LogP contribution >= 0.6 is 11.3 Å². The summed E-state index contributed by atoms with van der Waals surface area (Å²) in [6.07, 6.45) is 5.45. The molecular formula is C13H22N2S. The molecule has 1 aromatic rings. The summed E-state index contributed by atoms with van der Waals surface area (Å²) in [5.41, 5.74) is 1.21. The molecule has 90 valence electrons. The molecule has 0 aromatic carbocycles. The number of aromatic nitrogens is 1. The van der Waals surface area contributed by atoms with Crippen molar-refractivity contribution in [3.8, 4) is 0 Å². The monoisotopic (exact) mass is 238 g/mol. The minimum absolute atomic E-state index is 0.381. The van der Waals surface area contributed by atoms with Crippen LogP contribution in [0.4, 0.5) is 0 Å². The van der Waals surface area contributed by atoms with E-state index in [4.69, 9.17) is 4.98 Å². The highest BCUT2D eigenvalue weighted by molar-refractivity contribution is 7.09. The topological polar surface area (TPSA) is 24.9 Å². The molecule has 0 saturated heterocycles. The molecule has 1 heterocycles. The SMILES string of the molecule is CNC(C)c1csc(C2CCCC(C)C2)n1. The summed E-state index contributed by atoms with van der Waals surface area (Å²) in [4.78, 5) is 4.80. The molecule has 0 spiro atoms. The summed E-state index contributed by atoms with van der Waals surface area (Å²) in [5, 5.41) is 6.83. The number of thiazole rings is 1. The van der Waals surface area contributed by atoms with E-state index in [1.807, 2.05) is 18.4 Å². The smallest absolute Gasteiger partial charge is 0.0960 e. The quantitative estimate of drug-likeness (QED) is 0.868. The lowest BCUT2D eigenvalue weighted by atomic mass is 9.83. The van der Waals surface area contributed by atoms with Crippen molar-refractivity contribution in [3.05, 3.63) is 16.1 Å². The van der Waals surface area contributed by atoms with Gasteiger partial charge in [-0.3, -0.25) is 0 Å². The normalized spacial score (nSPS) is 27.9. The third-order valence-corrected chi connectivity index (χ3v) is 4.73. The Morgan fingerprint density at radius 2 is 2.31 bits per heavy atom. The van der Waals surface area contributed by atoms with E-state index >= 15 is 0 Å². The van der Waals surface area contributed by atoms with Crippen molar-refractivity contribution in [1.29, 1.82) is 0 Å². The molecule has 0 bridgehead atoms. The average molecular weight is 238 g/mol. The van der Waals surface area contributed by atoms with Gasteiger partial charge in [-0.15, -0.1) is 11.3 Å². The molecule has 1 aliphatic rings. The van der Waals surface area contributed by atoms with Crippen LogP contribution in [0.15, 0.2) is 5.38 Å². The first-order valence-corrected chi connectivity index (χ1v) is 7.21. The lowest BCUT2D eigenvalue weighted by Gasteiger charge is -2.24. The van der Waals surface area contributed by atoms with Gasteiger partial charge in [0.2, 0.25) is 0 Å². The van der Waals surface area contributed by atoms with Gasteiger partial charge < -0.3 is 5.32 Å². The summed E-state index contributed by atoms with van der Waals surface area (Å²) >= 11 is 1.85. The van der Waals surface area contributed by atoms with E-state index in [0.717, 1.165) is 11.8 Å². The summed E-state index contributed by atoms with van der Waals surface area (Å²) in [6.45, 7) is 4.54. The van der Waals surface area contributed by atoms with E-state index in [0.29, 0.717) is 6.04 Å². The first-order chi connectivity index (χ1) is 7.70. The van der Waals surface area contributed by atoms with E-state index in [1.54, 1.807) is 0 Å². The van der Waals surface area contributed by atoms with Gasteiger partial charge in [-0.1, -0.05) is 19.8 Å². The highest BCUT2D eigenvalue weighted by atomic mass is 32.1. The fourth-order valence-electron chi connectivity index (χ4n) is 2.49. The van der Waals surface area contributed by atoms with Crippen LogP contribution in [0.2, 0.25) is 0 Å². The van der Waals surface area contributed by atoms with Crippen LogP contribution in [-0.2, 0) is 0 Å². The zero-order valence-corrected chi connectivity index (χ0v) is 11.3. The average Bonchev–Trinajstić information content (AvgIpc) is 2.77. The van der Waals surface area contributed by atoms with Crippen LogP contribution in [0.3, 0.4) is 0 Å². The molecule has 1 N–H and O–H groups in total. The summed E-state index contributed by atoms with van der Waals surface area (Å²) in [6, 6.07) is 0.381. The van der Waals surface area contributed by atoms with Crippen LogP contribution < -0.4 is 5.32 Å². The zero-order chi connectivity index (χ0) is 11.5. The van der Waals surface area contributed by atoms with Crippen LogP contribution in [-0.4, -0.2) is 12.0 Å². The van der Waals surface area contributed by atoms with Crippen molar-refractivity contribution in [2.75, 3.05) is 7.05 Å². The minimum Gasteiger partial charge on any atom is -0.312 e. The lowest BCUT2D eigenvalue weighted by molar-refractivity contribution is 0.343. The molecule has 1 aliphatic carbocycles. The Bertz CT molecular complexity index is 334. The second kappa shape index (κ2) is 5.28. The van der Waals surface area contributed by atoms with Crippen molar-refractivity contribution in [2.45, 2.75) is 51.5 Å². The molecule has 3 atom stereocenters. The number of rotatable bonds is 3. The highest BCUT2D eigenvalue weighted by Gasteiger charge is 2.23. The van der Waals surface area contributed by atoms with E-state index < -0.39 is 0 Å². The van der Waals surface area contributed by atoms with E-state index in [-0.39, 0.29) is 0 Å². The van der Waals surface area contributed by atoms with Gasteiger partial charge in [0.15, 0.2) is 0 Å². The molecule has 1 saturated carbocycles. The van der Waals surface area contributed by atoms with Gasteiger partial charge in [0.1, 0.15) is 0 Å². The second-order valence-electron chi connectivity index (χ2n) is 5.09. The van der Waals surface area contributed by atoms with Gasteiger partial charge in [0, 0.05) is 17.3 Å². The van der Waals surface area contributed by atoms with Crippen molar-refractivity contribution < 1.29 is 0 Å². The van der Waals surface area contributed by atoms with Gasteiger partial charge >= 0.3 is 0 Å². The van der Waals surface area contributed by atoms with Crippen molar-refractivity contribution >= 4 is 11.3 Å². The van der Waals surface area contributed by atoms with Crippen LogP contribution in [0.25, 0.3) is 0 Å². The molecule has 2 rings (SSSR count). The molecule has 16 heavy (non-hydrogen) atoms. The van der Waals surface area contributed by atoms with Crippen molar-refractivity contribution in [1.82, 2.24) is 10.3 Å². The lowest BCUT2D eigenvalue weighted by Crippen LogP contribution is -2.14. The first kappa shape index (κ1) is 12.1. The third-order valence-electron chi connectivity index (χ3n) is 3.70. The molecule has 0 aliphatic heterocycles. The molecule has 3 heteroatoms. The van der Waals surface area contributed by atoms with Gasteiger partial charge in [-0.2, -0.15) is 0 Å². The summed E-state index contributed by atoms with van der Waals surface area (Å²) in [5.74, 6) is 1.61. The Morgan fingerprint density at radius 3 is 3.00 bits per heavy atom. The van der Waals surface area contributed by atoms with Gasteiger partial charge in [-0.05, 0) is 32.7 Å². The van der Waals surface area contributed by atoms with Crippen LogP contribution in [0, 0.1) is 5.92 Å². The molecule has 2 nitrogen and oxygen atoms in total. The van der Waals surface area contributed by atoms with Crippen molar-refractivity contribution in [3.63, 3.8) is 0 Å².